The topological polar surface area (TPSA) is 79.6 Å². The molecule has 7 nitrogen and oxygen atoms in total. The molecule has 1 fully saturated rings. The van der Waals surface area contributed by atoms with E-state index in [1.807, 2.05) is 35.2 Å². The number of piperidine rings is 1. The van der Waals surface area contributed by atoms with Gasteiger partial charge in [0, 0.05) is 38.2 Å². The van der Waals surface area contributed by atoms with Crippen LogP contribution < -0.4 is 5.32 Å². The molecule has 4 rings (SSSR count). The van der Waals surface area contributed by atoms with E-state index in [2.05, 4.69) is 15.3 Å². The number of pyridine rings is 2. The van der Waals surface area contributed by atoms with Gasteiger partial charge in [0.2, 0.25) is 5.82 Å². The van der Waals surface area contributed by atoms with Gasteiger partial charge in [-0.15, -0.1) is 0 Å². The molecule has 138 valence electrons. The first-order chi connectivity index (χ1) is 13.2. The lowest BCUT2D eigenvalue weighted by Gasteiger charge is -2.25. The van der Waals surface area contributed by atoms with Crippen molar-refractivity contribution in [1.82, 2.24) is 24.6 Å². The van der Waals surface area contributed by atoms with Gasteiger partial charge in [0.15, 0.2) is 5.69 Å². The monoisotopic (exact) mass is 363 g/mol. The number of hydrogen-bond donors (Lipinski definition) is 1. The smallest absolute Gasteiger partial charge is 0.287 e. The third-order valence-electron chi connectivity index (χ3n) is 4.77. The third-order valence-corrected chi connectivity index (χ3v) is 4.77. The van der Waals surface area contributed by atoms with Gasteiger partial charge in [-0.2, -0.15) is 0 Å². The molecule has 0 bridgehead atoms. The Labute approximate surface area is 157 Å². The van der Waals surface area contributed by atoms with Crippen molar-refractivity contribution in [2.45, 2.75) is 25.8 Å². The average Bonchev–Trinajstić information content (AvgIpc) is 3.13. The van der Waals surface area contributed by atoms with Gasteiger partial charge in [-0.25, -0.2) is 4.98 Å². The average molecular weight is 363 g/mol. The van der Waals surface area contributed by atoms with Crippen LogP contribution in [0.1, 0.15) is 45.9 Å². The van der Waals surface area contributed by atoms with Crippen LogP contribution in [0.25, 0.3) is 5.52 Å². The van der Waals surface area contributed by atoms with E-state index in [1.54, 1.807) is 23.0 Å². The highest BCUT2D eigenvalue weighted by atomic mass is 16.2. The van der Waals surface area contributed by atoms with E-state index in [0.717, 1.165) is 37.9 Å². The molecule has 0 unspecified atom stereocenters. The number of carbonyl (C=O) groups is 2. The highest BCUT2D eigenvalue weighted by molar-refractivity contribution is 6.02. The molecule has 4 heterocycles. The number of amides is 2. The molecule has 0 saturated carbocycles. The van der Waals surface area contributed by atoms with Crippen molar-refractivity contribution in [3.05, 3.63) is 66.0 Å². The Bertz CT molecular complexity index is 961. The number of nitrogens with zero attached hydrogens (tertiary/aromatic N) is 4. The van der Waals surface area contributed by atoms with Crippen molar-refractivity contribution in [2.75, 3.05) is 13.1 Å². The Morgan fingerprint density at radius 2 is 1.93 bits per heavy atom. The van der Waals surface area contributed by atoms with Gasteiger partial charge in [-0.1, -0.05) is 12.1 Å². The van der Waals surface area contributed by atoms with E-state index in [9.17, 15) is 9.59 Å². The fraction of sp³-hybridized carbons (Fsp3) is 0.300. The number of carbonyl (C=O) groups excluding carboxylic acids is 2. The molecule has 3 aromatic rings. The summed E-state index contributed by atoms with van der Waals surface area (Å²) >= 11 is 0. The summed E-state index contributed by atoms with van der Waals surface area (Å²) in [6, 6.07) is 9.20. The predicted molar refractivity (Wildman–Crippen MR) is 100 cm³/mol. The molecular weight excluding hydrogens is 342 g/mol. The molecule has 0 radical (unpaired) electrons. The van der Waals surface area contributed by atoms with Crippen molar-refractivity contribution in [3.8, 4) is 0 Å². The first-order valence-electron chi connectivity index (χ1n) is 9.17. The maximum atomic E-state index is 12.9. The highest BCUT2D eigenvalue weighted by Crippen LogP contribution is 2.18. The molecule has 7 heteroatoms. The minimum atomic E-state index is -0.322. The maximum absolute atomic E-state index is 12.9. The van der Waals surface area contributed by atoms with Gasteiger partial charge in [-0.3, -0.25) is 19.0 Å². The van der Waals surface area contributed by atoms with Crippen LogP contribution in [0.15, 0.2) is 48.9 Å². The summed E-state index contributed by atoms with van der Waals surface area (Å²) in [5.41, 5.74) is 1.89. The van der Waals surface area contributed by atoms with Gasteiger partial charge in [-0.05, 0) is 43.0 Å². The summed E-state index contributed by atoms with van der Waals surface area (Å²) in [5.74, 6) is -0.211. The van der Waals surface area contributed by atoms with Crippen LogP contribution in [-0.4, -0.2) is 44.2 Å². The summed E-state index contributed by atoms with van der Waals surface area (Å²) in [5, 5.41) is 2.85. The zero-order valence-electron chi connectivity index (χ0n) is 15.0. The quantitative estimate of drug-likeness (QED) is 0.771. The van der Waals surface area contributed by atoms with Crippen LogP contribution in [-0.2, 0) is 6.54 Å². The molecule has 0 aliphatic carbocycles. The lowest BCUT2D eigenvalue weighted by atomic mass is 10.1. The van der Waals surface area contributed by atoms with E-state index >= 15 is 0 Å². The van der Waals surface area contributed by atoms with Crippen LogP contribution in [0.3, 0.4) is 0 Å². The Hall–Kier alpha value is -3.22. The largest absolute Gasteiger partial charge is 0.345 e. The second-order valence-corrected chi connectivity index (χ2v) is 6.64. The van der Waals surface area contributed by atoms with Crippen molar-refractivity contribution < 1.29 is 9.59 Å². The lowest BCUT2D eigenvalue weighted by Crippen LogP contribution is -2.36. The number of fused-ring (bicyclic) bond motifs is 1. The molecule has 1 saturated heterocycles. The van der Waals surface area contributed by atoms with Crippen LogP contribution >= 0.6 is 0 Å². The van der Waals surface area contributed by atoms with Crippen LogP contribution in [0.2, 0.25) is 0 Å². The van der Waals surface area contributed by atoms with Gasteiger partial charge in [0.25, 0.3) is 11.8 Å². The molecule has 1 aliphatic heterocycles. The highest BCUT2D eigenvalue weighted by Gasteiger charge is 2.25. The number of nitrogens with one attached hydrogen (secondary N) is 1. The first-order valence-corrected chi connectivity index (χ1v) is 9.17. The fourth-order valence-corrected chi connectivity index (χ4v) is 3.37. The standard InChI is InChI=1S/C20H21N5O2/c26-19(22-14-15-7-6-9-21-13-15)18-23-17(16-8-2-5-12-25(16)18)20(27)24-10-3-1-4-11-24/h2,5-9,12-13H,1,3-4,10-11,14H2,(H,22,26). The van der Waals surface area contributed by atoms with E-state index in [1.165, 1.54) is 0 Å². The Morgan fingerprint density at radius 1 is 1.07 bits per heavy atom. The van der Waals surface area contributed by atoms with Crippen LogP contribution in [0.5, 0.6) is 0 Å². The van der Waals surface area contributed by atoms with Crippen molar-refractivity contribution in [2.24, 2.45) is 0 Å². The summed E-state index contributed by atoms with van der Waals surface area (Å²) in [4.78, 5) is 35.9. The van der Waals surface area contributed by atoms with E-state index < -0.39 is 0 Å². The SMILES string of the molecule is O=C(NCc1cccnc1)c1nc(C(=O)N2CCCCC2)c2ccccn12. The zero-order valence-corrected chi connectivity index (χ0v) is 15.0. The number of rotatable bonds is 4. The molecule has 0 aromatic carbocycles. The van der Waals surface area contributed by atoms with Gasteiger partial charge >= 0.3 is 0 Å². The number of aromatic nitrogens is 3. The van der Waals surface area contributed by atoms with Crippen LogP contribution in [0.4, 0.5) is 0 Å². The van der Waals surface area contributed by atoms with Crippen LogP contribution in [0, 0.1) is 0 Å². The third kappa shape index (κ3) is 3.53. The molecule has 0 spiro atoms. The predicted octanol–water partition coefficient (Wildman–Crippen LogP) is 2.29. The molecule has 3 aromatic heterocycles. The lowest BCUT2D eigenvalue weighted by molar-refractivity contribution is 0.0721. The molecule has 2 amide bonds. The minimum Gasteiger partial charge on any atom is -0.345 e. The summed E-state index contributed by atoms with van der Waals surface area (Å²) < 4.78 is 1.68. The molecule has 1 N–H and O–H groups in total. The zero-order chi connectivity index (χ0) is 18.6. The molecular formula is C20H21N5O2. The summed E-state index contributed by atoms with van der Waals surface area (Å²) in [6.45, 7) is 1.84. The summed E-state index contributed by atoms with van der Waals surface area (Å²) in [7, 11) is 0. The Kier molecular flexibility index (Phi) is 4.82. The maximum Gasteiger partial charge on any atom is 0.287 e. The first kappa shape index (κ1) is 17.2. The van der Waals surface area contributed by atoms with Crippen molar-refractivity contribution in [1.29, 1.82) is 0 Å². The minimum absolute atomic E-state index is 0.107. The van der Waals surface area contributed by atoms with E-state index in [-0.39, 0.29) is 17.6 Å². The second kappa shape index (κ2) is 7.57. The summed E-state index contributed by atoms with van der Waals surface area (Å²) in [6.07, 6.45) is 8.32. The number of hydrogen-bond acceptors (Lipinski definition) is 4. The normalized spacial score (nSPS) is 14.3. The second-order valence-electron chi connectivity index (χ2n) is 6.64. The molecule has 0 atom stereocenters. The van der Waals surface area contributed by atoms with Crippen molar-refractivity contribution in [3.63, 3.8) is 0 Å². The number of likely N-dealkylation sites (tertiary alicyclic amines) is 1. The molecule has 1 aliphatic rings. The Morgan fingerprint density at radius 3 is 2.70 bits per heavy atom. The van der Waals surface area contributed by atoms with E-state index in [0.29, 0.717) is 17.8 Å². The molecule has 27 heavy (non-hydrogen) atoms. The number of imidazole rings is 1. The van der Waals surface area contributed by atoms with Gasteiger partial charge in [0.05, 0.1) is 5.52 Å². The Balaban J connectivity index is 1.61. The fourth-order valence-electron chi connectivity index (χ4n) is 3.37. The van der Waals surface area contributed by atoms with Gasteiger partial charge < -0.3 is 10.2 Å². The van der Waals surface area contributed by atoms with Gasteiger partial charge in [0.1, 0.15) is 0 Å². The van der Waals surface area contributed by atoms with E-state index in [4.69, 9.17) is 0 Å². The van der Waals surface area contributed by atoms with Crippen molar-refractivity contribution >= 4 is 17.3 Å².